The lowest BCUT2D eigenvalue weighted by Gasteiger charge is -2.24. The molecule has 7 heteroatoms. The van der Waals surface area contributed by atoms with Gasteiger partial charge in [0.05, 0.1) is 18.2 Å². The molecule has 27 heavy (non-hydrogen) atoms. The van der Waals surface area contributed by atoms with Crippen molar-refractivity contribution >= 4 is 35.0 Å². The van der Waals surface area contributed by atoms with E-state index in [0.29, 0.717) is 17.9 Å². The minimum atomic E-state index is -0.670. The molecule has 0 saturated heterocycles. The van der Waals surface area contributed by atoms with E-state index in [2.05, 4.69) is 5.32 Å². The molecule has 1 aliphatic rings. The van der Waals surface area contributed by atoms with Gasteiger partial charge in [0.1, 0.15) is 11.8 Å². The van der Waals surface area contributed by atoms with Crippen LogP contribution in [0, 0.1) is 0 Å². The summed E-state index contributed by atoms with van der Waals surface area (Å²) in [5, 5.41) is 13.3. The number of rotatable bonds is 6. The van der Waals surface area contributed by atoms with Crippen molar-refractivity contribution in [2.24, 2.45) is 0 Å². The molecule has 0 radical (unpaired) electrons. The van der Waals surface area contributed by atoms with Gasteiger partial charge in [-0.15, -0.1) is 0 Å². The minimum absolute atomic E-state index is 0.0443. The van der Waals surface area contributed by atoms with Crippen molar-refractivity contribution in [1.29, 1.82) is 0 Å². The highest BCUT2D eigenvalue weighted by molar-refractivity contribution is 7.98. The molecule has 0 spiro atoms. The van der Waals surface area contributed by atoms with E-state index in [-0.39, 0.29) is 33.8 Å². The summed E-state index contributed by atoms with van der Waals surface area (Å²) < 4.78 is 4.84. The number of carbonyl (C=O) groups is 3. The Morgan fingerprint density at radius 1 is 1.11 bits per heavy atom. The zero-order valence-corrected chi connectivity index (χ0v) is 15.8. The monoisotopic (exact) mass is 385 g/mol. The van der Waals surface area contributed by atoms with Crippen LogP contribution >= 0.6 is 11.8 Å². The van der Waals surface area contributed by atoms with Crippen LogP contribution in [0.5, 0.6) is 5.75 Å². The Balaban J connectivity index is 2.08. The molecule has 6 nitrogen and oxygen atoms in total. The topological polar surface area (TPSA) is 92.7 Å². The molecule has 2 aromatic carbocycles. The van der Waals surface area contributed by atoms with Crippen molar-refractivity contribution in [1.82, 2.24) is 0 Å². The quantitative estimate of drug-likeness (QED) is 0.498. The first-order valence-electron chi connectivity index (χ1n) is 8.37. The molecule has 3 rings (SSSR count). The number of ketones is 2. The Morgan fingerprint density at radius 3 is 2.33 bits per heavy atom. The summed E-state index contributed by atoms with van der Waals surface area (Å²) in [6.45, 7) is 0. The van der Waals surface area contributed by atoms with E-state index in [0.717, 1.165) is 0 Å². The molecular weight excluding hydrogens is 366 g/mol. The Hall–Kier alpha value is -2.80. The fourth-order valence-corrected chi connectivity index (χ4v) is 3.61. The van der Waals surface area contributed by atoms with Gasteiger partial charge in [0.2, 0.25) is 0 Å². The van der Waals surface area contributed by atoms with E-state index >= 15 is 0 Å². The Morgan fingerprint density at radius 2 is 1.74 bits per heavy atom. The van der Waals surface area contributed by atoms with Crippen molar-refractivity contribution in [3.8, 4) is 5.75 Å². The molecule has 2 N–H and O–H groups in total. The average molecular weight is 385 g/mol. The number of benzene rings is 2. The molecule has 2 aromatic rings. The molecule has 0 fully saturated rings. The van der Waals surface area contributed by atoms with Crippen LogP contribution in [0.2, 0.25) is 0 Å². The number of hydrogen-bond acceptors (Lipinski definition) is 7. The average Bonchev–Trinajstić information content (AvgIpc) is 2.69. The molecule has 0 heterocycles. The number of phenolic OH excluding ortho intramolecular Hbond substituents is 1. The van der Waals surface area contributed by atoms with Gasteiger partial charge in [-0.2, -0.15) is 11.8 Å². The van der Waals surface area contributed by atoms with Crippen LogP contribution in [-0.2, 0) is 9.53 Å². The smallest absolute Gasteiger partial charge is 0.328 e. The normalized spacial score (nSPS) is 13.6. The number of methoxy groups -OCH3 is 1. The number of aromatic hydroxyl groups is 1. The molecule has 0 bridgehead atoms. The number of fused-ring (bicyclic) bond motifs is 2. The van der Waals surface area contributed by atoms with Crippen LogP contribution in [0.4, 0.5) is 5.69 Å². The predicted octanol–water partition coefficient (Wildman–Crippen LogP) is 2.87. The number of phenols is 1. The lowest BCUT2D eigenvalue weighted by atomic mass is 9.82. The SMILES string of the molecule is COC(=O)[C@H](CCSC)Nc1ccc(O)c2c1C(=O)c1ccccc1C2=O. The number of anilines is 1. The predicted molar refractivity (Wildman–Crippen MR) is 104 cm³/mol. The highest BCUT2D eigenvalue weighted by Crippen LogP contribution is 2.37. The van der Waals surface area contributed by atoms with Crippen LogP contribution in [-0.4, -0.2) is 47.8 Å². The maximum Gasteiger partial charge on any atom is 0.328 e. The summed E-state index contributed by atoms with van der Waals surface area (Å²) in [6.07, 6.45) is 2.41. The second-order valence-electron chi connectivity index (χ2n) is 6.09. The van der Waals surface area contributed by atoms with Crippen LogP contribution < -0.4 is 5.32 Å². The Bertz CT molecular complexity index is 925. The summed E-state index contributed by atoms with van der Waals surface area (Å²) in [6, 6.07) is 8.68. The van der Waals surface area contributed by atoms with Crippen molar-refractivity contribution < 1.29 is 24.2 Å². The number of ether oxygens (including phenoxy) is 1. The number of carbonyl (C=O) groups excluding carboxylic acids is 3. The Kier molecular flexibility index (Phi) is 5.51. The van der Waals surface area contributed by atoms with Gasteiger partial charge in [-0.3, -0.25) is 9.59 Å². The summed E-state index contributed by atoms with van der Waals surface area (Å²) in [7, 11) is 1.30. The lowest BCUT2D eigenvalue weighted by molar-refractivity contribution is -0.141. The summed E-state index contributed by atoms with van der Waals surface area (Å²) >= 11 is 1.58. The van der Waals surface area contributed by atoms with Gasteiger partial charge >= 0.3 is 5.97 Å². The molecule has 0 saturated carbocycles. The largest absolute Gasteiger partial charge is 0.507 e. The first-order chi connectivity index (χ1) is 13.0. The molecule has 0 aliphatic heterocycles. The summed E-state index contributed by atoms with van der Waals surface area (Å²) in [5.74, 6) is -0.793. The van der Waals surface area contributed by atoms with Crippen molar-refractivity contribution in [2.45, 2.75) is 12.5 Å². The Labute approximate surface area is 160 Å². The fraction of sp³-hybridized carbons (Fsp3) is 0.250. The molecule has 1 atom stereocenters. The number of thioether (sulfide) groups is 1. The van der Waals surface area contributed by atoms with Crippen molar-refractivity contribution in [3.63, 3.8) is 0 Å². The van der Waals surface area contributed by atoms with E-state index in [1.165, 1.54) is 19.2 Å². The zero-order chi connectivity index (χ0) is 19.6. The van der Waals surface area contributed by atoms with Gasteiger partial charge in [-0.05, 0) is 30.6 Å². The van der Waals surface area contributed by atoms with Crippen LogP contribution in [0.3, 0.4) is 0 Å². The molecular formula is C20H19NO5S. The fourth-order valence-electron chi connectivity index (χ4n) is 3.14. The third kappa shape index (κ3) is 3.42. The summed E-state index contributed by atoms with van der Waals surface area (Å²) in [5.41, 5.74) is 0.901. The van der Waals surface area contributed by atoms with E-state index < -0.39 is 17.8 Å². The zero-order valence-electron chi connectivity index (χ0n) is 14.9. The molecule has 140 valence electrons. The van der Waals surface area contributed by atoms with Gasteiger partial charge in [0.25, 0.3) is 0 Å². The van der Waals surface area contributed by atoms with Crippen LogP contribution in [0.1, 0.15) is 38.3 Å². The van der Waals surface area contributed by atoms with Gasteiger partial charge in [-0.1, -0.05) is 24.3 Å². The van der Waals surface area contributed by atoms with E-state index in [4.69, 9.17) is 4.74 Å². The third-order valence-electron chi connectivity index (χ3n) is 4.48. The minimum Gasteiger partial charge on any atom is -0.507 e. The number of nitrogens with one attached hydrogen (secondary N) is 1. The molecule has 0 amide bonds. The number of esters is 1. The second kappa shape index (κ2) is 7.84. The molecule has 1 aliphatic carbocycles. The van der Waals surface area contributed by atoms with Gasteiger partial charge in [0, 0.05) is 16.8 Å². The standard InChI is InChI=1S/C20H19NO5S/c1-26-20(25)14(9-10-27-2)21-13-7-8-15(22)17-16(13)18(23)11-5-3-4-6-12(11)19(17)24/h3-8,14,21-22H,9-10H2,1-2H3/t14-/m0/s1. The maximum atomic E-state index is 13.0. The molecule has 0 unspecified atom stereocenters. The second-order valence-corrected chi connectivity index (χ2v) is 7.07. The van der Waals surface area contributed by atoms with Crippen LogP contribution in [0.25, 0.3) is 0 Å². The van der Waals surface area contributed by atoms with E-state index in [9.17, 15) is 19.5 Å². The van der Waals surface area contributed by atoms with Gasteiger partial charge in [0.15, 0.2) is 11.6 Å². The third-order valence-corrected chi connectivity index (χ3v) is 5.12. The number of hydrogen-bond donors (Lipinski definition) is 2. The van der Waals surface area contributed by atoms with Gasteiger partial charge < -0.3 is 15.2 Å². The van der Waals surface area contributed by atoms with E-state index in [1.807, 2.05) is 6.26 Å². The highest BCUT2D eigenvalue weighted by atomic mass is 32.2. The first-order valence-corrected chi connectivity index (χ1v) is 9.76. The van der Waals surface area contributed by atoms with Crippen LogP contribution in [0.15, 0.2) is 36.4 Å². The maximum absolute atomic E-state index is 13.0. The highest BCUT2D eigenvalue weighted by Gasteiger charge is 2.34. The van der Waals surface area contributed by atoms with Gasteiger partial charge in [-0.25, -0.2) is 4.79 Å². The summed E-state index contributed by atoms with van der Waals surface area (Å²) in [4.78, 5) is 38.0. The van der Waals surface area contributed by atoms with Crippen molar-refractivity contribution in [3.05, 3.63) is 58.7 Å². The lowest BCUT2D eigenvalue weighted by Crippen LogP contribution is -2.33. The first kappa shape index (κ1) is 19.0. The molecule has 0 aromatic heterocycles. The van der Waals surface area contributed by atoms with Crippen molar-refractivity contribution in [2.75, 3.05) is 24.4 Å². The van der Waals surface area contributed by atoms with E-state index in [1.54, 1.807) is 36.0 Å².